The number of rotatable bonds is 3. The fourth-order valence-electron chi connectivity index (χ4n) is 3.20. The number of hydrogen-bond donors (Lipinski definition) is 0. The van der Waals surface area contributed by atoms with Crippen molar-refractivity contribution in [2.24, 2.45) is 0 Å². The number of halogens is 1. The summed E-state index contributed by atoms with van der Waals surface area (Å²) in [6.45, 7) is 6.87. The molecule has 0 atom stereocenters. The van der Waals surface area contributed by atoms with Gasteiger partial charge in [-0.05, 0) is 43.2 Å². The van der Waals surface area contributed by atoms with Gasteiger partial charge in [0.05, 0.1) is 12.7 Å². The average Bonchev–Trinajstić information content (AvgIpc) is 2.63. The third kappa shape index (κ3) is 3.45. The monoisotopic (exact) mass is 342 g/mol. The largest absolute Gasteiger partial charge is 0.497 e. The predicted octanol–water partition coefficient (Wildman–Crippen LogP) is 3.41. The van der Waals surface area contributed by atoms with Crippen LogP contribution in [0.4, 0.5) is 10.1 Å². The van der Waals surface area contributed by atoms with Gasteiger partial charge in [-0.2, -0.15) is 0 Å². The summed E-state index contributed by atoms with van der Waals surface area (Å²) in [6.07, 6.45) is 0. The topological polar surface area (TPSA) is 32.8 Å². The lowest BCUT2D eigenvalue weighted by molar-refractivity contribution is 0.0742. The highest BCUT2D eigenvalue weighted by molar-refractivity contribution is 5.94. The SMILES string of the molecule is COc1ccc(C(=O)N2CCN(c3cccc(C)c3C)CC2)c(F)c1. The number of hydrogen-bond acceptors (Lipinski definition) is 3. The predicted molar refractivity (Wildman–Crippen MR) is 97.0 cm³/mol. The number of anilines is 1. The zero-order chi connectivity index (χ0) is 18.0. The van der Waals surface area contributed by atoms with Crippen LogP contribution in [0.25, 0.3) is 0 Å². The zero-order valence-electron chi connectivity index (χ0n) is 14.9. The van der Waals surface area contributed by atoms with Crippen LogP contribution >= 0.6 is 0 Å². The number of benzene rings is 2. The number of aryl methyl sites for hydroxylation is 1. The first-order chi connectivity index (χ1) is 12.0. The summed E-state index contributed by atoms with van der Waals surface area (Å²) < 4.78 is 19.1. The van der Waals surface area contributed by atoms with Gasteiger partial charge in [-0.3, -0.25) is 4.79 Å². The van der Waals surface area contributed by atoms with Crippen molar-refractivity contribution in [1.82, 2.24) is 4.90 Å². The Balaban J connectivity index is 1.70. The maximum absolute atomic E-state index is 14.1. The Labute approximate surface area is 147 Å². The van der Waals surface area contributed by atoms with Crippen molar-refractivity contribution >= 4 is 11.6 Å². The van der Waals surface area contributed by atoms with E-state index in [1.165, 1.54) is 36.1 Å². The summed E-state index contributed by atoms with van der Waals surface area (Å²) in [6, 6.07) is 10.6. The van der Waals surface area contributed by atoms with Gasteiger partial charge in [0.25, 0.3) is 5.91 Å². The fourth-order valence-corrected chi connectivity index (χ4v) is 3.20. The molecule has 0 bridgehead atoms. The van der Waals surface area contributed by atoms with Crippen molar-refractivity contribution < 1.29 is 13.9 Å². The molecule has 2 aromatic rings. The number of nitrogens with zero attached hydrogens (tertiary/aromatic N) is 2. The summed E-state index contributed by atoms with van der Waals surface area (Å²) in [5, 5.41) is 0. The second kappa shape index (κ2) is 7.13. The molecule has 0 unspecified atom stereocenters. The van der Waals surface area contributed by atoms with Gasteiger partial charge in [-0.15, -0.1) is 0 Å². The second-order valence-electron chi connectivity index (χ2n) is 6.34. The van der Waals surface area contributed by atoms with E-state index in [-0.39, 0.29) is 11.5 Å². The van der Waals surface area contributed by atoms with Crippen molar-refractivity contribution in [3.8, 4) is 5.75 Å². The molecule has 2 aromatic carbocycles. The highest BCUT2D eigenvalue weighted by atomic mass is 19.1. The molecule has 0 saturated carbocycles. The lowest BCUT2D eigenvalue weighted by Crippen LogP contribution is -2.49. The molecule has 1 saturated heterocycles. The van der Waals surface area contributed by atoms with E-state index >= 15 is 0 Å². The van der Waals surface area contributed by atoms with Crippen LogP contribution in [0.3, 0.4) is 0 Å². The van der Waals surface area contributed by atoms with Gasteiger partial charge in [0.1, 0.15) is 11.6 Å². The van der Waals surface area contributed by atoms with Crippen molar-refractivity contribution in [3.63, 3.8) is 0 Å². The molecule has 3 rings (SSSR count). The number of piperazine rings is 1. The van der Waals surface area contributed by atoms with Crippen LogP contribution in [0.2, 0.25) is 0 Å². The van der Waals surface area contributed by atoms with E-state index in [4.69, 9.17) is 4.74 Å². The average molecular weight is 342 g/mol. The van der Waals surface area contributed by atoms with E-state index in [0.717, 1.165) is 13.1 Å². The van der Waals surface area contributed by atoms with E-state index in [1.54, 1.807) is 11.0 Å². The minimum atomic E-state index is -0.540. The van der Waals surface area contributed by atoms with Crippen LogP contribution < -0.4 is 9.64 Å². The van der Waals surface area contributed by atoms with Crippen LogP contribution in [0.5, 0.6) is 5.75 Å². The maximum atomic E-state index is 14.1. The molecule has 5 heteroatoms. The lowest BCUT2D eigenvalue weighted by atomic mass is 10.1. The van der Waals surface area contributed by atoms with Gasteiger partial charge < -0.3 is 14.5 Å². The first-order valence-electron chi connectivity index (χ1n) is 8.45. The molecule has 4 nitrogen and oxygen atoms in total. The molecule has 1 fully saturated rings. The first kappa shape index (κ1) is 17.3. The normalized spacial score (nSPS) is 14.6. The summed E-state index contributed by atoms with van der Waals surface area (Å²) in [5.41, 5.74) is 3.84. The molecule has 132 valence electrons. The smallest absolute Gasteiger partial charge is 0.256 e. The Morgan fingerprint density at radius 1 is 1.08 bits per heavy atom. The summed E-state index contributed by atoms with van der Waals surface area (Å²) in [5.74, 6) is -0.393. The highest BCUT2D eigenvalue weighted by Gasteiger charge is 2.25. The zero-order valence-corrected chi connectivity index (χ0v) is 14.9. The fraction of sp³-hybridized carbons (Fsp3) is 0.350. The van der Waals surface area contributed by atoms with Crippen molar-refractivity contribution in [2.45, 2.75) is 13.8 Å². The van der Waals surface area contributed by atoms with Gasteiger partial charge in [0.15, 0.2) is 0 Å². The third-order valence-corrected chi connectivity index (χ3v) is 4.89. The van der Waals surface area contributed by atoms with E-state index < -0.39 is 5.82 Å². The van der Waals surface area contributed by atoms with Crippen molar-refractivity contribution in [1.29, 1.82) is 0 Å². The van der Waals surface area contributed by atoms with E-state index in [1.807, 2.05) is 0 Å². The van der Waals surface area contributed by atoms with Crippen molar-refractivity contribution in [2.75, 3.05) is 38.2 Å². The van der Waals surface area contributed by atoms with E-state index in [0.29, 0.717) is 18.8 Å². The second-order valence-corrected chi connectivity index (χ2v) is 6.34. The number of carbonyl (C=O) groups is 1. The molecule has 1 aliphatic rings. The summed E-state index contributed by atoms with van der Waals surface area (Å²) in [4.78, 5) is 16.6. The minimum Gasteiger partial charge on any atom is -0.497 e. The number of amides is 1. The lowest BCUT2D eigenvalue weighted by Gasteiger charge is -2.37. The van der Waals surface area contributed by atoms with E-state index in [9.17, 15) is 9.18 Å². The summed E-state index contributed by atoms with van der Waals surface area (Å²) >= 11 is 0. The Morgan fingerprint density at radius 3 is 2.44 bits per heavy atom. The Hall–Kier alpha value is -2.56. The molecule has 0 aromatic heterocycles. The van der Waals surface area contributed by atoms with Gasteiger partial charge in [-0.25, -0.2) is 4.39 Å². The number of ether oxygens (including phenoxy) is 1. The van der Waals surface area contributed by atoms with E-state index in [2.05, 4.69) is 36.9 Å². The number of carbonyl (C=O) groups excluding carboxylic acids is 1. The molecule has 1 aliphatic heterocycles. The molecule has 0 N–H and O–H groups in total. The molecular formula is C20H23FN2O2. The van der Waals surface area contributed by atoms with Gasteiger partial charge in [-0.1, -0.05) is 12.1 Å². The minimum absolute atomic E-state index is 0.0981. The van der Waals surface area contributed by atoms with Crippen LogP contribution in [0, 0.1) is 19.7 Å². The van der Waals surface area contributed by atoms with Crippen molar-refractivity contribution in [3.05, 3.63) is 58.9 Å². The van der Waals surface area contributed by atoms with Gasteiger partial charge in [0, 0.05) is 37.9 Å². The van der Waals surface area contributed by atoms with Gasteiger partial charge >= 0.3 is 0 Å². The Kier molecular flexibility index (Phi) is 4.93. The quantitative estimate of drug-likeness (QED) is 0.857. The highest BCUT2D eigenvalue weighted by Crippen LogP contribution is 2.25. The molecule has 25 heavy (non-hydrogen) atoms. The third-order valence-electron chi connectivity index (χ3n) is 4.89. The van der Waals surface area contributed by atoms with Crippen LogP contribution in [-0.4, -0.2) is 44.1 Å². The standard InChI is InChI=1S/C20H23FN2O2/c1-14-5-4-6-19(15(14)2)22-9-11-23(12-10-22)20(24)17-8-7-16(25-3)13-18(17)21/h4-8,13H,9-12H2,1-3H3. The Bertz CT molecular complexity index is 783. The summed E-state index contributed by atoms with van der Waals surface area (Å²) in [7, 11) is 1.47. The first-order valence-corrected chi connectivity index (χ1v) is 8.45. The maximum Gasteiger partial charge on any atom is 0.256 e. The molecule has 1 amide bonds. The van der Waals surface area contributed by atoms with Crippen LogP contribution in [-0.2, 0) is 0 Å². The van der Waals surface area contributed by atoms with Crippen LogP contribution in [0.15, 0.2) is 36.4 Å². The number of methoxy groups -OCH3 is 1. The van der Waals surface area contributed by atoms with Crippen LogP contribution in [0.1, 0.15) is 21.5 Å². The molecule has 1 heterocycles. The Morgan fingerprint density at radius 2 is 1.80 bits per heavy atom. The molecule has 0 radical (unpaired) electrons. The molecule has 0 spiro atoms. The molecular weight excluding hydrogens is 319 g/mol. The van der Waals surface area contributed by atoms with Gasteiger partial charge in [0.2, 0.25) is 0 Å². The molecule has 0 aliphatic carbocycles.